The lowest BCUT2D eigenvalue weighted by atomic mass is 9.94. The van der Waals surface area contributed by atoms with Crippen LogP contribution < -0.4 is 4.90 Å². The van der Waals surface area contributed by atoms with Crippen LogP contribution in [0.4, 0.5) is 5.69 Å². The summed E-state index contributed by atoms with van der Waals surface area (Å²) in [6, 6.07) is 2.97. The highest BCUT2D eigenvalue weighted by Gasteiger charge is 2.24. The highest BCUT2D eigenvalue weighted by molar-refractivity contribution is 5.68. The Kier molecular flexibility index (Phi) is 4.16. The minimum absolute atomic E-state index is 0.816. The molecule has 3 heterocycles. The summed E-state index contributed by atoms with van der Waals surface area (Å²) in [6.07, 6.45) is 9.95. The molecule has 2 aromatic rings. The van der Waals surface area contributed by atoms with Gasteiger partial charge in [0.05, 0.1) is 11.4 Å². The summed E-state index contributed by atoms with van der Waals surface area (Å²) in [5.74, 6) is 0. The van der Waals surface area contributed by atoms with Crippen LogP contribution in [0.3, 0.4) is 0 Å². The van der Waals surface area contributed by atoms with E-state index < -0.39 is 0 Å². The normalized spacial score (nSPS) is 21.7. The molecule has 4 rings (SSSR count). The van der Waals surface area contributed by atoms with Crippen LogP contribution in [0.2, 0.25) is 0 Å². The van der Waals surface area contributed by atoms with E-state index in [1.165, 1.54) is 50.8 Å². The first-order chi connectivity index (χ1) is 11.3. The fourth-order valence-corrected chi connectivity index (χ4v) is 4.16. The van der Waals surface area contributed by atoms with Gasteiger partial charge in [-0.05, 0) is 32.3 Å². The quantitative estimate of drug-likeness (QED) is 0.851. The number of anilines is 1. The van der Waals surface area contributed by atoms with E-state index in [4.69, 9.17) is 0 Å². The second-order valence-electron chi connectivity index (χ2n) is 6.94. The SMILES string of the molecule is Cc1cc(N2CCCN(C3CCCCC3)CC2)c2nncn2n1. The fourth-order valence-electron chi connectivity index (χ4n) is 4.16. The zero-order valence-corrected chi connectivity index (χ0v) is 14.0. The molecule has 0 unspecified atom stereocenters. The van der Waals surface area contributed by atoms with Crippen LogP contribution in [0.1, 0.15) is 44.2 Å². The Labute approximate surface area is 137 Å². The van der Waals surface area contributed by atoms with Crippen LogP contribution in [0, 0.1) is 6.92 Å². The van der Waals surface area contributed by atoms with Gasteiger partial charge in [-0.2, -0.15) is 9.61 Å². The van der Waals surface area contributed by atoms with Crippen LogP contribution >= 0.6 is 0 Å². The topological polar surface area (TPSA) is 49.6 Å². The van der Waals surface area contributed by atoms with Crippen LogP contribution in [-0.4, -0.2) is 56.9 Å². The van der Waals surface area contributed by atoms with Crippen molar-refractivity contribution in [2.75, 3.05) is 31.1 Å². The molecule has 0 atom stereocenters. The lowest BCUT2D eigenvalue weighted by molar-refractivity contribution is 0.166. The fraction of sp³-hybridized carbons (Fsp3) is 0.706. The van der Waals surface area contributed by atoms with Crippen molar-refractivity contribution in [3.8, 4) is 0 Å². The molecular formula is C17H26N6. The Morgan fingerprint density at radius 2 is 1.87 bits per heavy atom. The predicted molar refractivity (Wildman–Crippen MR) is 90.8 cm³/mol. The molecule has 2 aliphatic rings. The number of aryl methyl sites for hydroxylation is 1. The van der Waals surface area contributed by atoms with E-state index in [9.17, 15) is 0 Å². The maximum atomic E-state index is 4.46. The van der Waals surface area contributed by atoms with E-state index in [2.05, 4.69) is 31.2 Å². The van der Waals surface area contributed by atoms with Gasteiger partial charge in [-0.15, -0.1) is 10.2 Å². The number of nitrogens with zero attached hydrogens (tertiary/aromatic N) is 6. The molecule has 1 aliphatic carbocycles. The first-order valence-corrected chi connectivity index (χ1v) is 8.98. The van der Waals surface area contributed by atoms with Gasteiger partial charge < -0.3 is 4.90 Å². The third kappa shape index (κ3) is 3.04. The molecule has 6 nitrogen and oxygen atoms in total. The first-order valence-electron chi connectivity index (χ1n) is 8.98. The number of hydrogen-bond donors (Lipinski definition) is 0. The molecule has 0 N–H and O–H groups in total. The highest BCUT2D eigenvalue weighted by Crippen LogP contribution is 2.26. The van der Waals surface area contributed by atoms with Gasteiger partial charge in [0.25, 0.3) is 0 Å². The molecule has 23 heavy (non-hydrogen) atoms. The second-order valence-corrected chi connectivity index (χ2v) is 6.94. The van der Waals surface area contributed by atoms with Crippen LogP contribution in [0.5, 0.6) is 0 Å². The van der Waals surface area contributed by atoms with Crippen LogP contribution in [0.15, 0.2) is 12.4 Å². The minimum atomic E-state index is 0.816. The van der Waals surface area contributed by atoms with E-state index in [0.717, 1.165) is 37.0 Å². The van der Waals surface area contributed by atoms with Gasteiger partial charge in [0.2, 0.25) is 5.65 Å². The number of fused-ring (bicyclic) bond motifs is 1. The number of rotatable bonds is 2. The Bertz CT molecular complexity index is 660. The largest absolute Gasteiger partial charge is 0.367 e. The van der Waals surface area contributed by atoms with E-state index in [-0.39, 0.29) is 0 Å². The first kappa shape index (κ1) is 14.9. The van der Waals surface area contributed by atoms with Crippen molar-refractivity contribution in [1.82, 2.24) is 24.7 Å². The molecule has 0 radical (unpaired) electrons. The summed E-state index contributed by atoms with van der Waals surface area (Å²) in [5.41, 5.74) is 3.07. The average Bonchev–Trinajstić information content (AvgIpc) is 2.90. The maximum absolute atomic E-state index is 4.46. The molecule has 2 aromatic heterocycles. The summed E-state index contributed by atoms with van der Waals surface area (Å²) in [6.45, 7) is 6.59. The summed E-state index contributed by atoms with van der Waals surface area (Å²) >= 11 is 0. The van der Waals surface area contributed by atoms with Gasteiger partial charge >= 0.3 is 0 Å². The summed E-state index contributed by atoms with van der Waals surface area (Å²) in [5, 5.41) is 12.8. The molecule has 0 bridgehead atoms. The molecule has 124 valence electrons. The Balaban J connectivity index is 1.52. The zero-order chi connectivity index (χ0) is 15.6. The van der Waals surface area contributed by atoms with E-state index in [1.807, 2.05) is 6.92 Å². The van der Waals surface area contributed by atoms with Crippen molar-refractivity contribution in [1.29, 1.82) is 0 Å². The van der Waals surface area contributed by atoms with Gasteiger partial charge in [0.15, 0.2) is 0 Å². The standard InChI is InChI=1S/C17H26N6/c1-14-12-16(17-19-18-13-23(17)20-14)22-9-5-8-21(10-11-22)15-6-3-2-4-7-15/h12-13,15H,2-11H2,1H3. The lowest BCUT2D eigenvalue weighted by Crippen LogP contribution is -2.39. The molecule has 1 aliphatic heterocycles. The third-order valence-electron chi connectivity index (χ3n) is 5.33. The van der Waals surface area contributed by atoms with E-state index in [0.29, 0.717) is 0 Å². The molecule has 0 spiro atoms. The summed E-state index contributed by atoms with van der Waals surface area (Å²) in [7, 11) is 0. The molecule has 1 saturated carbocycles. The second kappa shape index (κ2) is 6.43. The average molecular weight is 314 g/mol. The van der Waals surface area contributed by atoms with Crippen LogP contribution in [0.25, 0.3) is 5.65 Å². The molecule has 2 fully saturated rings. The molecule has 0 amide bonds. The van der Waals surface area contributed by atoms with Crippen molar-refractivity contribution in [3.63, 3.8) is 0 Å². The Morgan fingerprint density at radius 1 is 1.00 bits per heavy atom. The Hall–Kier alpha value is -1.69. The predicted octanol–water partition coefficient (Wildman–Crippen LogP) is 2.28. The number of hydrogen-bond acceptors (Lipinski definition) is 5. The van der Waals surface area contributed by atoms with Crippen molar-refractivity contribution in [2.24, 2.45) is 0 Å². The molecule has 6 heteroatoms. The smallest absolute Gasteiger partial charge is 0.200 e. The van der Waals surface area contributed by atoms with Crippen molar-refractivity contribution in [2.45, 2.75) is 51.5 Å². The van der Waals surface area contributed by atoms with Gasteiger partial charge in [-0.3, -0.25) is 4.90 Å². The van der Waals surface area contributed by atoms with Crippen molar-refractivity contribution in [3.05, 3.63) is 18.1 Å². The summed E-state index contributed by atoms with van der Waals surface area (Å²) < 4.78 is 1.80. The van der Waals surface area contributed by atoms with Crippen molar-refractivity contribution >= 4 is 11.3 Å². The Morgan fingerprint density at radius 3 is 2.74 bits per heavy atom. The van der Waals surface area contributed by atoms with Crippen molar-refractivity contribution < 1.29 is 0 Å². The monoisotopic (exact) mass is 314 g/mol. The lowest BCUT2D eigenvalue weighted by Gasteiger charge is -2.33. The maximum Gasteiger partial charge on any atom is 0.200 e. The minimum Gasteiger partial charge on any atom is -0.367 e. The van der Waals surface area contributed by atoms with Gasteiger partial charge in [0.1, 0.15) is 6.33 Å². The van der Waals surface area contributed by atoms with E-state index >= 15 is 0 Å². The van der Waals surface area contributed by atoms with Gasteiger partial charge in [-0.1, -0.05) is 19.3 Å². The zero-order valence-electron chi connectivity index (χ0n) is 14.0. The molecule has 0 aromatic carbocycles. The van der Waals surface area contributed by atoms with E-state index in [1.54, 1.807) is 10.8 Å². The molecule has 1 saturated heterocycles. The highest BCUT2D eigenvalue weighted by atomic mass is 15.4. The third-order valence-corrected chi connectivity index (χ3v) is 5.33. The van der Waals surface area contributed by atoms with Gasteiger partial charge in [-0.25, -0.2) is 0 Å². The van der Waals surface area contributed by atoms with Crippen LogP contribution in [-0.2, 0) is 0 Å². The number of aromatic nitrogens is 4. The summed E-state index contributed by atoms with van der Waals surface area (Å²) in [4.78, 5) is 5.20. The van der Waals surface area contributed by atoms with Gasteiger partial charge in [0, 0.05) is 32.2 Å². The molecular weight excluding hydrogens is 288 g/mol.